The summed E-state index contributed by atoms with van der Waals surface area (Å²) in [6, 6.07) is 0. The molecular formula is C9H10BrN5O5. The molecule has 2 rings (SSSR count). The van der Waals surface area contributed by atoms with Crippen LogP contribution in [0.1, 0.15) is 12.6 Å². The lowest BCUT2D eigenvalue weighted by atomic mass is 10.1. The van der Waals surface area contributed by atoms with Gasteiger partial charge in [-0.1, -0.05) is 5.11 Å². The highest BCUT2D eigenvalue weighted by Gasteiger charge is 2.39. The molecule has 11 heteroatoms. The third kappa shape index (κ3) is 2.76. The summed E-state index contributed by atoms with van der Waals surface area (Å²) in [5.74, 6) is 0. The van der Waals surface area contributed by atoms with E-state index in [1.807, 2.05) is 0 Å². The van der Waals surface area contributed by atoms with Gasteiger partial charge in [0.2, 0.25) is 0 Å². The van der Waals surface area contributed by atoms with Crippen molar-refractivity contribution < 1.29 is 14.9 Å². The van der Waals surface area contributed by atoms with Crippen LogP contribution in [-0.2, 0) is 4.74 Å². The molecule has 1 aromatic heterocycles. The second-order valence-corrected chi connectivity index (χ2v) is 4.97. The van der Waals surface area contributed by atoms with Crippen LogP contribution in [0.2, 0.25) is 0 Å². The number of halogens is 1. The molecule has 4 atom stereocenters. The minimum absolute atomic E-state index is 0.00106. The van der Waals surface area contributed by atoms with Crippen LogP contribution in [0.15, 0.2) is 25.4 Å². The Morgan fingerprint density at radius 3 is 3.00 bits per heavy atom. The Bertz CT molecular complexity index is 665. The van der Waals surface area contributed by atoms with Crippen molar-refractivity contribution >= 4 is 15.9 Å². The second kappa shape index (κ2) is 5.77. The van der Waals surface area contributed by atoms with Crippen LogP contribution in [0.3, 0.4) is 0 Å². The smallest absolute Gasteiger partial charge is 0.330 e. The van der Waals surface area contributed by atoms with Crippen molar-refractivity contribution in [1.82, 2.24) is 9.55 Å². The van der Waals surface area contributed by atoms with Crippen LogP contribution in [-0.4, -0.2) is 38.2 Å². The Balaban J connectivity index is 2.29. The summed E-state index contributed by atoms with van der Waals surface area (Å²) in [6.07, 6.45) is -3.49. The zero-order valence-corrected chi connectivity index (χ0v) is 11.5. The van der Waals surface area contributed by atoms with E-state index in [0.29, 0.717) is 0 Å². The molecule has 20 heavy (non-hydrogen) atoms. The summed E-state index contributed by atoms with van der Waals surface area (Å²) >= 11 is 2.97. The number of rotatable bonds is 3. The highest BCUT2D eigenvalue weighted by molar-refractivity contribution is 9.10. The third-order valence-corrected chi connectivity index (χ3v) is 3.40. The third-order valence-electron chi connectivity index (χ3n) is 2.83. The number of ether oxygens (including phenoxy) is 1. The van der Waals surface area contributed by atoms with Crippen molar-refractivity contribution in [3.8, 4) is 0 Å². The number of nitrogens with zero attached hydrogens (tertiary/aromatic N) is 4. The summed E-state index contributed by atoms with van der Waals surface area (Å²) in [4.78, 5) is 27.4. The van der Waals surface area contributed by atoms with E-state index in [0.717, 1.165) is 4.57 Å². The van der Waals surface area contributed by atoms with E-state index in [2.05, 4.69) is 30.9 Å². The van der Waals surface area contributed by atoms with Gasteiger partial charge < -0.3 is 14.9 Å². The molecule has 1 unspecified atom stereocenters. The molecule has 1 saturated heterocycles. The Morgan fingerprint density at radius 1 is 1.65 bits per heavy atom. The lowest BCUT2D eigenvalue weighted by molar-refractivity contribution is -0.0807. The van der Waals surface area contributed by atoms with E-state index in [1.165, 1.54) is 6.20 Å². The molecule has 1 aliphatic heterocycles. The number of aliphatic hydroxyl groups is 2. The lowest BCUT2D eigenvalue weighted by Gasteiger charge is -2.17. The second-order valence-electron chi connectivity index (χ2n) is 4.12. The molecule has 0 aliphatic carbocycles. The van der Waals surface area contributed by atoms with Gasteiger partial charge in [-0.2, -0.15) is 0 Å². The van der Waals surface area contributed by atoms with Crippen molar-refractivity contribution in [2.75, 3.05) is 0 Å². The number of aliphatic hydroxyl groups excluding tert-OH is 2. The summed E-state index contributed by atoms with van der Waals surface area (Å²) in [7, 11) is 0. The first-order valence-electron chi connectivity index (χ1n) is 5.51. The highest BCUT2D eigenvalue weighted by atomic mass is 79.9. The van der Waals surface area contributed by atoms with E-state index in [-0.39, 0.29) is 10.9 Å². The number of H-pyrrole nitrogens is 1. The zero-order valence-electron chi connectivity index (χ0n) is 9.88. The van der Waals surface area contributed by atoms with Crippen LogP contribution < -0.4 is 11.2 Å². The van der Waals surface area contributed by atoms with E-state index < -0.39 is 35.9 Å². The molecule has 0 aromatic carbocycles. The predicted octanol–water partition coefficient (Wildman–Crippen LogP) is -0.424. The highest BCUT2D eigenvalue weighted by Crippen LogP contribution is 2.30. The van der Waals surface area contributed by atoms with Crippen molar-refractivity contribution in [3.63, 3.8) is 0 Å². The molecule has 0 spiro atoms. The number of hydrogen-bond acceptors (Lipinski definition) is 6. The SMILES string of the molecule is [N-]=[N+]=NC(O)[C@H]1O[C@@H](n2cc(Br)c(=O)[nH]c2=O)C[C@@H]1O. The number of hydrogen-bond donors (Lipinski definition) is 3. The fourth-order valence-corrected chi connectivity index (χ4v) is 2.23. The van der Waals surface area contributed by atoms with Crippen LogP contribution in [0.5, 0.6) is 0 Å². The number of aromatic nitrogens is 2. The first kappa shape index (κ1) is 14.8. The molecule has 0 amide bonds. The number of aromatic amines is 1. The van der Waals surface area contributed by atoms with Gasteiger partial charge in [-0.15, -0.1) is 0 Å². The summed E-state index contributed by atoms with van der Waals surface area (Å²) in [5.41, 5.74) is 6.94. The normalized spacial score (nSPS) is 27.1. The number of nitrogens with one attached hydrogen (secondary N) is 1. The molecule has 10 nitrogen and oxygen atoms in total. The Morgan fingerprint density at radius 2 is 2.35 bits per heavy atom. The Hall–Kier alpha value is -1.65. The van der Waals surface area contributed by atoms with Crippen LogP contribution in [0.4, 0.5) is 0 Å². The number of azide groups is 1. The quantitative estimate of drug-likeness (QED) is 0.384. The Labute approximate surface area is 119 Å². The first-order chi connectivity index (χ1) is 9.43. The van der Waals surface area contributed by atoms with Gasteiger partial charge in [-0.25, -0.2) is 4.79 Å². The minimum atomic E-state index is -1.57. The van der Waals surface area contributed by atoms with Gasteiger partial charge in [0, 0.05) is 17.5 Å². The topological polar surface area (TPSA) is 153 Å². The molecular weight excluding hydrogens is 338 g/mol. The average molecular weight is 348 g/mol. The van der Waals surface area contributed by atoms with Gasteiger partial charge in [0.25, 0.3) is 5.56 Å². The largest absolute Gasteiger partial charge is 0.390 e. The zero-order chi connectivity index (χ0) is 14.9. The van der Waals surface area contributed by atoms with E-state index in [4.69, 9.17) is 10.3 Å². The van der Waals surface area contributed by atoms with E-state index >= 15 is 0 Å². The van der Waals surface area contributed by atoms with Crippen LogP contribution >= 0.6 is 15.9 Å². The van der Waals surface area contributed by atoms with Gasteiger partial charge in [0.15, 0.2) is 6.23 Å². The minimum Gasteiger partial charge on any atom is -0.390 e. The molecule has 2 heterocycles. The molecule has 3 N–H and O–H groups in total. The van der Waals surface area contributed by atoms with Gasteiger partial charge >= 0.3 is 5.69 Å². The standard InChI is InChI=1S/C9H10BrN5O5/c10-3-2-15(9(19)12-7(3)17)5-1-4(16)6(20-5)8(18)13-14-11/h2,4-6,8,16,18H,1H2,(H,12,17,19)/t4-,5+,6-,8?/m0/s1. The van der Waals surface area contributed by atoms with Gasteiger partial charge in [-0.05, 0) is 21.5 Å². The fraction of sp³-hybridized carbons (Fsp3) is 0.556. The van der Waals surface area contributed by atoms with Crippen molar-refractivity contribution in [1.29, 1.82) is 0 Å². The van der Waals surface area contributed by atoms with Gasteiger partial charge in [-0.3, -0.25) is 14.3 Å². The summed E-state index contributed by atoms with van der Waals surface area (Å²) in [6.45, 7) is 0. The van der Waals surface area contributed by atoms with E-state index in [1.54, 1.807) is 0 Å². The summed E-state index contributed by atoms with van der Waals surface area (Å²) in [5, 5.41) is 22.3. The Kier molecular flexibility index (Phi) is 4.26. The maximum absolute atomic E-state index is 11.7. The molecule has 1 aromatic rings. The first-order valence-corrected chi connectivity index (χ1v) is 6.30. The van der Waals surface area contributed by atoms with Crippen molar-refractivity contribution in [2.45, 2.75) is 31.1 Å². The van der Waals surface area contributed by atoms with Gasteiger partial charge in [0.1, 0.15) is 12.3 Å². The fourth-order valence-electron chi connectivity index (χ4n) is 1.91. The molecule has 0 saturated carbocycles. The van der Waals surface area contributed by atoms with Crippen LogP contribution in [0.25, 0.3) is 10.4 Å². The molecule has 0 bridgehead atoms. The van der Waals surface area contributed by atoms with Crippen LogP contribution in [0, 0.1) is 0 Å². The maximum atomic E-state index is 11.7. The molecule has 0 radical (unpaired) electrons. The van der Waals surface area contributed by atoms with Crippen molar-refractivity contribution in [3.05, 3.63) is 42.0 Å². The monoisotopic (exact) mass is 347 g/mol. The maximum Gasteiger partial charge on any atom is 0.330 e. The molecule has 1 aliphatic rings. The molecule has 1 fully saturated rings. The predicted molar refractivity (Wildman–Crippen MR) is 68.7 cm³/mol. The van der Waals surface area contributed by atoms with E-state index in [9.17, 15) is 19.8 Å². The lowest BCUT2D eigenvalue weighted by Crippen LogP contribution is -2.34. The van der Waals surface area contributed by atoms with Gasteiger partial charge in [0.05, 0.1) is 10.6 Å². The average Bonchev–Trinajstić information content (AvgIpc) is 2.76. The molecule has 108 valence electrons. The summed E-state index contributed by atoms with van der Waals surface area (Å²) < 4.78 is 6.49. The van der Waals surface area contributed by atoms with Crippen molar-refractivity contribution in [2.24, 2.45) is 5.11 Å².